The third-order valence-electron chi connectivity index (χ3n) is 3.40. The molecule has 1 N–H and O–H groups in total. The highest BCUT2D eigenvalue weighted by molar-refractivity contribution is 5.79. The first kappa shape index (κ1) is 14.8. The SMILES string of the molecule is Cc1cc(-c2cccc(CN(C)C(=O)O)c2)ccc1C=O. The Bertz CT molecular complexity index is 679. The van der Waals surface area contributed by atoms with Crippen molar-refractivity contribution >= 4 is 12.4 Å². The van der Waals surface area contributed by atoms with Gasteiger partial charge in [0.2, 0.25) is 0 Å². The quantitative estimate of drug-likeness (QED) is 0.872. The Morgan fingerprint density at radius 3 is 2.52 bits per heavy atom. The van der Waals surface area contributed by atoms with Crippen LogP contribution in [0.2, 0.25) is 0 Å². The summed E-state index contributed by atoms with van der Waals surface area (Å²) in [6.45, 7) is 2.24. The lowest BCUT2D eigenvalue weighted by molar-refractivity contribution is 0.112. The zero-order valence-electron chi connectivity index (χ0n) is 12.0. The highest BCUT2D eigenvalue weighted by atomic mass is 16.4. The summed E-state index contributed by atoms with van der Waals surface area (Å²) >= 11 is 0. The Balaban J connectivity index is 2.30. The van der Waals surface area contributed by atoms with Crippen LogP contribution in [0.1, 0.15) is 21.5 Å². The van der Waals surface area contributed by atoms with Crippen LogP contribution in [0.25, 0.3) is 11.1 Å². The zero-order chi connectivity index (χ0) is 15.4. The number of hydrogen-bond donors (Lipinski definition) is 1. The maximum Gasteiger partial charge on any atom is 0.407 e. The van der Waals surface area contributed by atoms with E-state index in [4.69, 9.17) is 5.11 Å². The summed E-state index contributed by atoms with van der Waals surface area (Å²) in [5.41, 5.74) is 4.55. The Morgan fingerprint density at radius 2 is 1.90 bits per heavy atom. The third kappa shape index (κ3) is 3.48. The second-order valence-electron chi connectivity index (χ2n) is 5.03. The molecule has 0 radical (unpaired) electrons. The molecule has 2 aromatic carbocycles. The standard InChI is InChI=1S/C17H17NO3/c1-12-8-15(6-7-16(12)11-19)14-5-3-4-13(9-14)10-18(2)17(20)21/h3-9,11H,10H2,1-2H3,(H,20,21). The highest BCUT2D eigenvalue weighted by Gasteiger charge is 2.07. The van der Waals surface area contributed by atoms with E-state index in [1.165, 1.54) is 11.9 Å². The number of hydrogen-bond acceptors (Lipinski definition) is 2. The number of nitrogens with zero attached hydrogens (tertiary/aromatic N) is 1. The van der Waals surface area contributed by atoms with Gasteiger partial charge in [0.15, 0.2) is 0 Å². The molecule has 0 spiro atoms. The lowest BCUT2D eigenvalue weighted by Gasteiger charge is -2.14. The summed E-state index contributed by atoms with van der Waals surface area (Å²) in [5, 5.41) is 8.92. The van der Waals surface area contributed by atoms with Crippen molar-refractivity contribution in [3.8, 4) is 11.1 Å². The molecule has 0 heterocycles. The van der Waals surface area contributed by atoms with Crippen LogP contribution in [0.15, 0.2) is 42.5 Å². The number of carbonyl (C=O) groups is 2. The first-order valence-corrected chi connectivity index (χ1v) is 6.60. The zero-order valence-corrected chi connectivity index (χ0v) is 12.0. The van der Waals surface area contributed by atoms with Crippen molar-refractivity contribution in [1.82, 2.24) is 4.90 Å². The summed E-state index contributed by atoms with van der Waals surface area (Å²) < 4.78 is 0. The lowest BCUT2D eigenvalue weighted by Crippen LogP contribution is -2.23. The van der Waals surface area contributed by atoms with Gasteiger partial charge in [0.1, 0.15) is 6.29 Å². The van der Waals surface area contributed by atoms with E-state index in [9.17, 15) is 9.59 Å². The van der Waals surface area contributed by atoms with E-state index in [1.807, 2.05) is 43.3 Å². The second-order valence-corrected chi connectivity index (χ2v) is 5.03. The van der Waals surface area contributed by atoms with E-state index < -0.39 is 6.09 Å². The Kier molecular flexibility index (Phi) is 4.38. The average Bonchev–Trinajstić information content (AvgIpc) is 2.47. The van der Waals surface area contributed by atoms with Crippen molar-refractivity contribution in [1.29, 1.82) is 0 Å². The van der Waals surface area contributed by atoms with E-state index in [2.05, 4.69) is 0 Å². The van der Waals surface area contributed by atoms with E-state index in [-0.39, 0.29) is 0 Å². The van der Waals surface area contributed by atoms with E-state index >= 15 is 0 Å². The molecule has 0 saturated carbocycles. The number of aryl methyl sites for hydroxylation is 1. The van der Waals surface area contributed by atoms with Crippen LogP contribution in [0.3, 0.4) is 0 Å². The summed E-state index contributed by atoms with van der Waals surface area (Å²) in [7, 11) is 1.54. The van der Waals surface area contributed by atoms with Gasteiger partial charge in [0.25, 0.3) is 0 Å². The van der Waals surface area contributed by atoms with Gasteiger partial charge in [-0.05, 0) is 35.2 Å². The van der Waals surface area contributed by atoms with Crippen LogP contribution in [-0.4, -0.2) is 29.4 Å². The van der Waals surface area contributed by atoms with E-state index in [0.29, 0.717) is 12.1 Å². The molecule has 0 aromatic heterocycles. The minimum atomic E-state index is -0.952. The maximum atomic E-state index is 10.9. The van der Waals surface area contributed by atoms with Crippen LogP contribution >= 0.6 is 0 Å². The number of carboxylic acid groups (broad SMARTS) is 1. The number of rotatable bonds is 4. The van der Waals surface area contributed by atoms with Crippen LogP contribution in [0.4, 0.5) is 4.79 Å². The van der Waals surface area contributed by atoms with Gasteiger partial charge in [-0.3, -0.25) is 4.79 Å². The van der Waals surface area contributed by atoms with Crippen LogP contribution < -0.4 is 0 Å². The molecule has 4 nitrogen and oxygen atoms in total. The fourth-order valence-electron chi connectivity index (χ4n) is 2.18. The predicted octanol–water partition coefficient (Wildman–Crippen LogP) is 3.58. The number of carbonyl (C=O) groups excluding carboxylic acids is 1. The molecule has 0 unspecified atom stereocenters. The summed E-state index contributed by atoms with van der Waals surface area (Å²) in [5.74, 6) is 0. The smallest absolute Gasteiger partial charge is 0.407 e. The van der Waals surface area contributed by atoms with Gasteiger partial charge in [0, 0.05) is 19.2 Å². The molecular weight excluding hydrogens is 266 g/mol. The predicted molar refractivity (Wildman–Crippen MR) is 81.5 cm³/mol. The van der Waals surface area contributed by atoms with Gasteiger partial charge in [-0.25, -0.2) is 4.79 Å². The Labute approximate surface area is 123 Å². The maximum absolute atomic E-state index is 10.9. The molecule has 2 aromatic rings. The van der Waals surface area contributed by atoms with Gasteiger partial charge in [-0.2, -0.15) is 0 Å². The average molecular weight is 283 g/mol. The van der Waals surface area contributed by atoms with Crippen molar-refractivity contribution in [3.63, 3.8) is 0 Å². The summed E-state index contributed by atoms with van der Waals surface area (Å²) in [6.07, 6.45) is -0.108. The molecule has 1 amide bonds. The van der Waals surface area contributed by atoms with Crippen molar-refractivity contribution < 1.29 is 14.7 Å². The van der Waals surface area contributed by atoms with Gasteiger partial charge >= 0.3 is 6.09 Å². The Morgan fingerprint density at radius 1 is 1.19 bits per heavy atom. The normalized spacial score (nSPS) is 10.2. The molecule has 0 atom stereocenters. The molecule has 21 heavy (non-hydrogen) atoms. The summed E-state index contributed by atoms with van der Waals surface area (Å²) in [6, 6.07) is 13.4. The van der Waals surface area contributed by atoms with Crippen molar-refractivity contribution in [2.75, 3.05) is 7.05 Å². The van der Waals surface area contributed by atoms with Crippen LogP contribution in [-0.2, 0) is 6.54 Å². The van der Waals surface area contributed by atoms with E-state index in [0.717, 1.165) is 28.5 Å². The van der Waals surface area contributed by atoms with Crippen molar-refractivity contribution in [2.45, 2.75) is 13.5 Å². The minimum absolute atomic E-state index is 0.342. The molecular formula is C17H17NO3. The molecule has 108 valence electrons. The van der Waals surface area contributed by atoms with Gasteiger partial charge in [-0.15, -0.1) is 0 Å². The Hall–Kier alpha value is -2.62. The van der Waals surface area contributed by atoms with Gasteiger partial charge in [0.05, 0.1) is 0 Å². The first-order chi connectivity index (χ1) is 10.0. The fraction of sp³-hybridized carbons (Fsp3) is 0.176. The minimum Gasteiger partial charge on any atom is -0.465 e. The monoisotopic (exact) mass is 283 g/mol. The molecule has 0 aliphatic heterocycles. The van der Waals surface area contributed by atoms with Crippen LogP contribution in [0.5, 0.6) is 0 Å². The van der Waals surface area contributed by atoms with Gasteiger partial charge in [-0.1, -0.05) is 36.4 Å². The van der Waals surface area contributed by atoms with Crippen molar-refractivity contribution in [2.24, 2.45) is 0 Å². The van der Waals surface area contributed by atoms with Crippen LogP contribution in [0, 0.1) is 6.92 Å². The highest BCUT2D eigenvalue weighted by Crippen LogP contribution is 2.23. The number of benzene rings is 2. The largest absolute Gasteiger partial charge is 0.465 e. The molecule has 4 heteroatoms. The molecule has 0 aliphatic rings. The number of aldehydes is 1. The third-order valence-corrected chi connectivity index (χ3v) is 3.40. The number of amides is 1. The molecule has 0 aliphatic carbocycles. The lowest BCUT2D eigenvalue weighted by atomic mass is 9.99. The van der Waals surface area contributed by atoms with Crippen molar-refractivity contribution in [3.05, 3.63) is 59.2 Å². The molecule has 0 bridgehead atoms. The van der Waals surface area contributed by atoms with Gasteiger partial charge < -0.3 is 10.0 Å². The molecule has 0 saturated heterocycles. The summed E-state index contributed by atoms with van der Waals surface area (Å²) in [4.78, 5) is 23.0. The van der Waals surface area contributed by atoms with E-state index in [1.54, 1.807) is 6.07 Å². The topological polar surface area (TPSA) is 57.6 Å². The fourth-order valence-corrected chi connectivity index (χ4v) is 2.18. The molecule has 0 fully saturated rings. The second kappa shape index (κ2) is 6.22. The molecule has 2 rings (SSSR count). The first-order valence-electron chi connectivity index (χ1n) is 6.60.